The van der Waals surface area contributed by atoms with Crippen LogP contribution < -0.4 is 0 Å². The molecule has 98 valence electrons. The maximum Gasteiger partial charge on any atom is 0.243 e. The molecular formula is C14H19NO2S. The van der Waals surface area contributed by atoms with E-state index < -0.39 is 10.0 Å². The van der Waals surface area contributed by atoms with Gasteiger partial charge in [-0.2, -0.15) is 4.31 Å². The topological polar surface area (TPSA) is 37.4 Å². The maximum atomic E-state index is 12.7. The van der Waals surface area contributed by atoms with Crippen LogP contribution in [0.25, 0.3) is 0 Å². The van der Waals surface area contributed by atoms with Crippen LogP contribution >= 0.6 is 0 Å². The van der Waals surface area contributed by atoms with Crippen molar-refractivity contribution in [1.82, 2.24) is 4.31 Å². The van der Waals surface area contributed by atoms with Crippen LogP contribution in [0.2, 0.25) is 0 Å². The molecule has 1 aromatic rings. The van der Waals surface area contributed by atoms with Crippen molar-refractivity contribution in [3.05, 3.63) is 29.8 Å². The van der Waals surface area contributed by atoms with E-state index in [9.17, 15) is 8.42 Å². The number of nitrogens with zero attached hydrogens (tertiary/aromatic N) is 1. The van der Waals surface area contributed by atoms with E-state index in [2.05, 4.69) is 0 Å². The second kappa shape index (κ2) is 4.35. The van der Waals surface area contributed by atoms with Gasteiger partial charge in [-0.3, -0.25) is 0 Å². The summed E-state index contributed by atoms with van der Waals surface area (Å²) >= 11 is 0. The number of sulfonamides is 1. The molecule has 1 saturated heterocycles. The third-order valence-corrected chi connectivity index (χ3v) is 6.10. The molecule has 2 aliphatic rings. The number of benzene rings is 1. The van der Waals surface area contributed by atoms with Crippen LogP contribution in [0.3, 0.4) is 0 Å². The Morgan fingerprint density at radius 2 is 1.89 bits per heavy atom. The first-order valence-electron chi connectivity index (χ1n) is 6.71. The summed E-state index contributed by atoms with van der Waals surface area (Å²) in [5, 5.41) is 0. The number of hydrogen-bond acceptors (Lipinski definition) is 2. The summed E-state index contributed by atoms with van der Waals surface area (Å²) in [6.45, 7) is 2.67. The molecular weight excluding hydrogens is 246 g/mol. The van der Waals surface area contributed by atoms with E-state index in [1.54, 1.807) is 10.4 Å². The van der Waals surface area contributed by atoms with Gasteiger partial charge >= 0.3 is 0 Å². The summed E-state index contributed by atoms with van der Waals surface area (Å²) in [5.74, 6) is 0.467. The van der Waals surface area contributed by atoms with Gasteiger partial charge in [-0.25, -0.2) is 8.42 Å². The minimum absolute atomic E-state index is 0.141. The highest BCUT2D eigenvalue weighted by Gasteiger charge is 2.36. The second-order valence-electron chi connectivity index (χ2n) is 5.42. The van der Waals surface area contributed by atoms with Gasteiger partial charge in [-0.15, -0.1) is 0 Å². The normalized spacial score (nSPS) is 25.5. The molecule has 0 N–H and O–H groups in total. The fourth-order valence-corrected chi connectivity index (χ4v) is 4.82. The molecule has 1 aromatic carbocycles. The van der Waals surface area contributed by atoms with Crippen LogP contribution in [0.4, 0.5) is 0 Å². The average Bonchev–Trinajstić information content (AvgIpc) is 3.11. The maximum absolute atomic E-state index is 12.7. The molecule has 1 heterocycles. The Balaban J connectivity index is 2.03. The lowest BCUT2D eigenvalue weighted by Gasteiger charge is -2.22. The zero-order valence-corrected chi connectivity index (χ0v) is 11.5. The largest absolute Gasteiger partial charge is 0.243 e. The predicted octanol–water partition coefficient (Wildman–Crippen LogP) is 2.74. The standard InChI is InChI=1S/C14H19NO2S/c1-11-5-4-10-15(11)18(16,17)14-7-3-2-6-13(14)12-8-9-12/h2-3,6-7,11-12H,4-5,8-10H2,1H3. The van der Waals surface area contributed by atoms with Crippen LogP contribution in [-0.2, 0) is 10.0 Å². The van der Waals surface area contributed by atoms with Gasteiger partial charge < -0.3 is 0 Å². The van der Waals surface area contributed by atoms with E-state index in [4.69, 9.17) is 0 Å². The molecule has 1 unspecified atom stereocenters. The Morgan fingerprint density at radius 3 is 2.50 bits per heavy atom. The highest BCUT2D eigenvalue weighted by Crippen LogP contribution is 2.43. The molecule has 4 heteroatoms. The van der Waals surface area contributed by atoms with Crippen molar-refractivity contribution in [2.45, 2.75) is 49.5 Å². The lowest BCUT2D eigenvalue weighted by atomic mass is 10.1. The summed E-state index contributed by atoms with van der Waals surface area (Å²) in [4.78, 5) is 0.543. The molecule has 0 amide bonds. The smallest absolute Gasteiger partial charge is 0.207 e. The zero-order valence-electron chi connectivity index (χ0n) is 10.7. The summed E-state index contributed by atoms with van der Waals surface area (Å²) in [6.07, 6.45) is 4.21. The van der Waals surface area contributed by atoms with Crippen LogP contribution in [0, 0.1) is 0 Å². The van der Waals surface area contributed by atoms with E-state index in [0.29, 0.717) is 17.4 Å². The van der Waals surface area contributed by atoms with Crippen molar-refractivity contribution < 1.29 is 8.42 Å². The fourth-order valence-electron chi connectivity index (χ4n) is 2.84. The van der Waals surface area contributed by atoms with Crippen molar-refractivity contribution in [3.8, 4) is 0 Å². The Morgan fingerprint density at radius 1 is 1.17 bits per heavy atom. The van der Waals surface area contributed by atoms with Crippen LogP contribution in [-0.4, -0.2) is 25.3 Å². The molecule has 0 radical (unpaired) electrons. The Bertz CT molecular complexity index is 549. The minimum atomic E-state index is -3.29. The summed E-state index contributed by atoms with van der Waals surface area (Å²) in [6, 6.07) is 7.67. The molecule has 0 spiro atoms. The molecule has 18 heavy (non-hydrogen) atoms. The third-order valence-electron chi connectivity index (χ3n) is 4.01. The lowest BCUT2D eigenvalue weighted by Crippen LogP contribution is -2.34. The van der Waals surface area contributed by atoms with E-state index in [1.807, 2.05) is 25.1 Å². The first kappa shape index (κ1) is 12.2. The van der Waals surface area contributed by atoms with Crippen molar-refractivity contribution in [2.75, 3.05) is 6.54 Å². The minimum Gasteiger partial charge on any atom is -0.207 e. The van der Waals surface area contributed by atoms with E-state index in [-0.39, 0.29) is 6.04 Å². The highest BCUT2D eigenvalue weighted by molar-refractivity contribution is 7.89. The highest BCUT2D eigenvalue weighted by atomic mass is 32.2. The zero-order chi connectivity index (χ0) is 12.8. The third kappa shape index (κ3) is 1.97. The molecule has 2 fully saturated rings. The van der Waals surface area contributed by atoms with Crippen LogP contribution in [0.1, 0.15) is 44.1 Å². The SMILES string of the molecule is CC1CCCN1S(=O)(=O)c1ccccc1C1CC1. The monoisotopic (exact) mass is 265 g/mol. The van der Waals surface area contributed by atoms with Gasteiger partial charge in [0.25, 0.3) is 0 Å². The Kier molecular flexibility index (Phi) is 2.94. The summed E-state index contributed by atoms with van der Waals surface area (Å²) in [5.41, 5.74) is 1.02. The van der Waals surface area contributed by atoms with Crippen LogP contribution in [0.5, 0.6) is 0 Å². The molecule has 3 rings (SSSR count). The summed E-state index contributed by atoms with van der Waals surface area (Å²) < 4.78 is 27.1. The fraction of sp³-hybridized carbons (Fsp3) is 0.571. The number of rotatable bonds is 3. The van der Waals surface area contributed by atoms with Crippen molar-refractivity contribution in [3.63, 3.8) is 0 Å². The van der Waals surface area contributed by atoms with Gasteiger partial charge in [0.05, 0.1) is 4.90 Å². The average molecular weight is 265 g/mol. The van der Waals surface area contributed by atoms with Gasteiger partial charge in [-0.05, 0) is 50.2 Å². The quantitative estimate of drug-likeness (QED) is 0.842. The van der Waals surface area contributed by atoms with E-state index in [1.165, 1.54) is 0 Å². The lowest BCUT2D eigenvalue weighted by molar-refractivity contribution is 0.408. The van der Waals surface area contributed by atoms with Gasteiger partial charge in [0.15, 0.2) is 0 Å². The molecule has 0 bridgehead atoms. The Hall–Kier alpha value is -0.870. The Labute approximate surface area is 109 Å². The van der Waals surface area contributed by atoms with Crippen LogP contribution in [0.15, 0.2) is 29.2 Å². The van der Waals surface area contributed by atoms with Crippen molar-refractivity contribution in [1.29, 1.82) is 0 Å². The van der Waals surface area contributed by atoms with E-state index >= 15 is 0 Å². The van der Waals surface area contributed by atoms with Crippen molar-refractivity contribution >= 4 is 10.0 Å². The molecule has 1 atom stereocenters. The second-order valence-corrected chi connectivity index (χ2v) is 7.28. The molecule has 1 aliphatic heterocycles. The van der Waals surface area contributed by atoms with E-state index in [0.717, 1.165) is 31.2 Å². The van der Waals surface area contributed by atoms with Gasteiger partial charge in [0.2, 0.25) is 10.0 Å². The summed E-state index contributed by atoms with van der Waals surface area (Å²) in [7, 11) is -3.29. The molecule has 1 aliphatic carbocycles. The predicted molar refractivity (Wildman–Crippen MR) is 71.0 cm³/mol. The first-order chi connectivity index (χ1) is 8.60. The first-order valence-corrected chi connectivity index (χ1v) is 8.15. The van der Waals surface area contributed by atoms with Crippen molar-refractivity contribution in [2.24, 2.45) is 0 Å². The molecule has 3 nitrogen and oxygen atoms in total. The van der Waals surface area contributed by atoms with Gasteiger partial charge in [-0.1, -0.05) is 18.2 Å². The van der Waals surface area contributed by atoms with Gasteiger partial charge in [0.1, 0.15) is 0 Å². The van der Waals surface area contributed by atoms with Gasteiger partial charge in [0, 0.05) is 12.6 Å². The number of hydrogen-bond donors (Lipinski definition) is 0. The molecule has 0 aromatic heterocycles. The molecule has 1 saturated carbocycles.